The number of fused-ring (bicyclic) bond motifs is 1. The number of nitrogens with zero attached hydrogens (tertiary/aromatic N) is 1. The summed E-state index contributed by atoms with van der Waals surface area (Å²) in [7, 11) is 1.84. The highest BCUT2D eigenvalue weighted by Crippen LogP contribution is 2.20. The predicted octanol–water partition coefficient (Wildman–Crippen LogP) is 1.42. The number of anilines is 1. The fourth-order valence-corrected chi connectivity index (χ4v) is 1.33. The second kappa shape index (κ2) is 2.90. The third-order valence-electron chi connectivity index (χ3n) is 1.95. The van der Waals surface area contributed by atoms with E-state index in [4.69, 9.17) is 0 Å². The van der Waals surface area contributed by atoms with Gasteiger partial charge in [0.05, 0.1) is 5.69 Å². The van der Waals surface area contributed by atoms with Crippen LogP contribution in [-0.4, -0.2) is 23.3 Å². The lowest BCUT2D eigenvalue weighted by Crippen LogP contribution is -1.88. The van der Waals surface area contributed by atoms with Gasteiger partial charge in [0.1, 0.15) is 5.65 Å². The summed E-state index contributed by atoms with van der Waals surface area (Å²) in [4.78, 5) is 17.5. The van der Waals surface area contributed by atoms with Crippen LogP contribution in [-0.2, 0) is 0 Å². The van der Waals surface area contributed by atoms with E-state index in [1.54, 1.807) is 12.3 Å². The van der Waals surface area contributed by atoms with Crippen molar-refractivity contribution in [1.29, 1.82) is 0 Å². The van der Waals surface area contributed by atoms with Crippen molar-refractivity contribution in [3.63, 3.8) is 0 Å². The fourth-order valence-electron chi connectivity index (χ4n) is 1.33. The van der Waals surface area contributed by atoms with Crippen LogP contribution in [0.3, 0.4) is 0 Å². The number of H-pyrrole nitrogens is 1. The summed E-state index contributed by atoms with van der Waals surface area (Å²) in [5.41, 5.74) is 2.24. The number of pyridine rings is 1. The molecular weight excluding hydrogens is 166 g/mol. The Morgan fingerprint density at radius 1 is 1.62 bits per heavy atom. The van der Waals surface area contributed by atoms with Gasteiger partial charge in [0.25, 0.3) is 0 Å². The van der Waals surface area contributed by atoms with Crippen LogP contribution in [0.4, 0.5) is 5.69 Å². The van der Waals surface area contributed by atoms with Gasteiger partial charge in [0, 0.05) is 24.3 Å². The fraction of sp³-hybridized carbons (Fsp3) is 0.111. The normalized spacial score (nSPS) is 10.2. The second-order valence-electron chi connectivity index (χ2n) is 2.71. The molecule has 0 spiro atoms. The van der Waals surface area contributed by atoms with E-state index < -0.39 is 0 Å². The van der Waals surface area contributed by atoms with Crippen LogP contribution in [0.5, 0.6) is 0 Å². The summed E-state index contributed by atoms with van der Waals surface area (Å²) >= 11 is 0. The molecule has 2 aromatic heterocycles. The first-order valence-corrected chi connectivity index (χ1v) is 3.96. The quantitative estimate of drug-likeness (QED) is 0.678. The maximum absolute atomic E-state index is 10.5. The zero-order chi connectivity index (χ0) is 9.26. The lowest BCUT2D eigenvalue weighted by Gasteiger charge is -1.98. The van der Waals surface area contributed by atoms with E-state index in [0.717, 1.165) is 23.0 Å². The Labute approximate surface area is 75.0 Å². The minimum Gasteiger partial charge on any atom is -0.387 e. The minimum absolute atomic E-state index is 0.546. The number of hydrogen-bond acceptors (Lipinski definition) is 3. The first-order valence-electron chi connectivity index (χ1n) is 3.96. The molecule has 0 aliphatic carbocycles. The molecule has 0 radical (unpaired) electrons. The molecule has 0 aliphatic rings. The van der Waals surface area contributed by atoms with Crippen molar-refractivity contribution in [2.24, 2.45) is 0 Å². The van der Waals surface area contributed by atoms with Gasteiger partial charge in [0.15, 0.2) is 6.29 Å². The smallest absolute Gasteiger partial charge is 0.166 e. The standard InChI is InChI=1S/C9H9N3O/c1-10-8-2-3-11-9-7(8)4-6(5-13)12-9/h2-5H,1H3,(H2,10,11,12). The topological polar surface area (TPSA) is 57.8 Å². The maximum Gasteiger partial charge on any atom is 0.166 e. The number of rotatable bonds is 2. The number of aromatic amines is 1. The van der Waals surface area contributed by atoms with Crippen LogP contribution in [0.25, 0.3) is 11.0 Å². The molecule has 66 valence electrons. The van der Waals surface area contributed by atoms with Gasteiger partial charge < -0.3 is 10.3 Å². The Morgan fingerprint density at radius 3 is 3.15 bits per heavy atom. The van der Waals surface area contributed by atoms with Gasteiger partial charge in [0.2, 0.25) is 0 Å². The van der Waals surface area contributed by atoms with E-state index in [-0.39, 0.29) is 0 Å². The van der Waals surface area contributed by atoms with E-state index in [0.29, 0.717) is 5.69 Å². The van der Waals surface area contributed by atoms with Crippen molar-refractivity contribution in [2.75, 3.05) is 12.4 Å². The molecule has 0 amide bonds. The zero-order valence-electron chi connectivity index (χ0n) is 7.16. The summed E-state index contributed by atoms with van der Waals surface area (Å²) < 4.78 is 0. The predicted molar refractivity (Wildman–Crippen MR) is 51.0 cm³/mol. The second-order valence-corrected chi connectivity index (χ2v) is 2.71. The zero-order valence-corrected chi connectivity index (χ0v) is 7.16. The maximum atomic E-state index is 10.5. The highest BCUT2D eigenvalue weighted by atomic mass is 16.1. The summed E-state index contributed by atoms with van der Waals surface area (Å²) in [5.74, 6) is 0. The molecule has 2 aromatic rings. The third-order valence-corrected chi connectivity index (χ3v) is 1.95. The number of hydrogen-bond donors (Lipinski definition) is 2. The van der Waals surface area contributed by atoms with E-state index in [9.17, 15) is 4.79 Å². The molecule has 0 saturated heterocycles. The average molecular weight is 175 g/mol. The summed E-state index contributed by atoms with van der Waals surface area (Å²) in [6.07, 6.45) is 2.47. The minimum atomic E-state index is 0.546. The average Bonchev–Trinajstić information content (AvgIpc) is 2.59. The van der Waals surface area contributed by atoms with Gasteiger partial charge in [-0.1, -0.05) is 0 Å². The molecule has 0 unspecified atom stereocenters. The van der Waals surface area contributed by atoms with Gasteiger partial charge in [-0.25, -0.2) is 4.98 Å². The Kier molecular flexibility index (Phi) is 1.73. The summed E-state index contributed by atoms with van der Waals surface area (Å²) in [5, 5.41) is 3.97. The van der Waals surface area contributed by atoms with Crippen LogP contribution in [0.2, 0.25) is 0 Å². The third kappa shape index (κ3) is 1.16. The van der Waals surface area contributed by atoms with Crippen molar-refractivity contribution < 1.29 is 4.79 Å². The monoisotopic (exact) mass is 175 g/mol. The molecule has 13 heavy (non-hydrogen) atoms. The van der Waals surface area contributed by atoms with Crippen LogP contribution in [0, 0.1) is 0 Å². The Balaban J connectivity index is 2.74. The largest absolute Gasteiger partial charge is 0.387 e. The van der Waals surface area contributed by atoms with Crippen molar-refractivity contribution in [3.05, 3.63) is 24.0 Å². The van der Waals surface area contributed by atoms with Crippen LogP contribution in [0.15, 0.2) is 18.3 Å². The van der Waals surface area contributed by atoms with Gasteiger partial charge in [-0.05, 0) is 12.1 Å². The highest BCUT2D eigenvalue weighted by Gasteiger charge is 2.03. The first kappa shape index (κ1) is 7.79. The number of carbonyl (C=O) groups excluding carboxylic acids is 1. The molecule has 0 bridgehead atoms. The Morgan fingerprint density at radius 2 is 2.46 bits per heavy atom. The molecule has 0 fully saturated rings. The Bertz CT molecular complexity index is 447. The molecule has 0 saturated carbocycles. The number of carbonyl (C=O) groups is 1. The Hall–Kier alpha value is -1.84. The number of aromatic nitrogens is 2. The molecule has 0 atom stereocenters. The van der Waals surface area contributed by atoms with E-state index in [1.165, 1.54) is 0 Å². The lowest BCUT2D eigenvalue weighted by molar-refractivity contribution is 0.112. The molecule has 2 heterocycles. The van der Waals surface area contributed by atoms with Crippen molar-refractivity contribution in [1.82, 2.24) is 9.97 Å². The molecule has 2 N–H and O–H groups in total. The molecule has 2 rings (SSSR count). The van der Waals surface area contributed by atoms with E-state index in [1.807, 2.05) is 13.1 Å². The molecule has 4 heteroatoms. The van der Waals surface area contributed by atoms with Crippen LogP contribution < -0.4 is 5.32 Å². The van der Waals surface area contributed by atoms with E-state index in [2.05, 4.69) is 15.3 Å². The van der Waals surface area contributed by atoms with Gasteiger partial charge >= 0.3 is 0 Å². The van der Waals surface area contributed by atoms with Crippen LogP contribution in [0.1, 0.15) is 10.5 Å². The molecule has 0 aromatic carbocycles. The van der Waals surface area contributed by atoms with Crippen molar-refractivity contribution >= 4 is 23.0 Å². The first-order chi connectivity index (χ1) is 6.35. The van der Waals surface area contributed by atoms with Gasteiger partial charge in [-0.3, -0.25) is 4.79 Å². The number of aldehydes is 1. The molecule has 0 aliphatic heterocycles. The van der Waals surface area contributed by atoms with Crippen molar-refractivity contribution in [2.45, 2.75) is 0 Å². The van der Waals surface area contributed by atoms with Crippen molar-refractivity contribution in [3.8, 4) is 0 Å². The molecule has 4 nitrogen and oxygen atoms in total. The SMILES string of the molecule is CNc1ccnc2[nH]c(C=O)cc12. The summed E-state index contributed by atoms with van der Waals surface area (Å²) in [6, 6.07) is 3.64. The van der Waals surface area contributed by atoms with Gasteiger partial charge in [-0.2, -0.15) is 0 Å². The van der Waals surface area contributed by atoms with E-state index >= 15 is 0 Å². The highest BCUT2D eigenvalue weighted by molar-refractivity contribution is 5.93. The number of nitrogens with one attached hydrogen (secondary N) is 2. The molecular formula is C9H9N3O. The van der Waals surface area contributed by atoms with Crippen LogP contribution >= 0.6 is 0 Å². The summed E-state index contributed by atoms with van der Waals surface area (Å²) in [6.45, 7) is 0. The lowest BCUT2D eigenvalue weighted by atomic mass is 10.3. The van der Waals surface area contributed by atoms with Gasteiger partial charge in [-0.15, -0.1) is 0 Å².